The van der Waals surface area contributed by atoms with Crippen LogP contribution >= 0.6 is 0 Å². The predicted molar refractivity (Wildman–Crippen MR) is 143 cm³/mol. The molecule has 0 bridgehead atoms. The van der Waals surface area contributed by atoms with E-state index in [1.165, 1.54) is 5.56 Å². The van der Waals surface area contributed by atoms with E-state index in [4.69, 9.17) is 18.9 Å². The first-order valence-corrected chi connectivity index (χ1v) is 12.5. The third kappa shape index (κ3) is 7.90. The number of alkyl carbamates (subject to hydrolysis) is 1. The van der Waals surface area contributed by atoms with Gasteiger partial charge in [-0.25, -0.2) is 4.79 Å². The first-order valence-electron chi connectivity index (χ1n) is 12.5. The van der Waals surface area contributed by atoms with Gasteiger partial charge in [-0.15, -0.1) is 0 Å². The lowest BCUT2D eigenvalue weighted by Crippen LogP contribution is -2.36. The first kappa shape index (κ1) is 27.9. The molecule has 1 aliphatic heterocycles. The van der Waals surface area contributed by atoms with Crippen LogP contribution in [0.5, 0.6) is 17.2 Å². The highest BCUT2D eigenvalue weighted by molar-refractivity contribution is 5.92. The Kier molecular flexibility index (Phi) is 9.44. The maximum Gasteiger partial charge on any atom is 0.407 e. The van der Waals surface area contributed by atoms with E-state index in [9.17, 15) is 9.59 Å². The number of methoxy groups -OCH3 is 3. The SMILES string of the molecule is COc1cc(C=CC(=O)N2CCC(c3cccc(CNC(=O)OC(C)(C)C)c3)CC2)cc(OC)c1OC. The molecule has 8 nitrogen and oxygen atoms in total. The van der Waals surface area contributed by atoms with E-state index in [0.29, 0.717) is 42.8 Å². The second-order valence-electron chi connectivity index (χ2n) is 9.99. The Morgan fingerprint density at radius 1 is 1.00 bits per heavy atom. The average Bonchev–Trinajstić information content (AvgIpc) is 2.89. The van der Waals surface area contributed by atoms with Gasteiger partial charge in [-0.1, -0.05) is 24.3 Å². The molecule has 37 heavy (non-hydrogen) atoms. The summed E-state index contributed by atoms with van der Waals surface area (Å²) in [5, 5.41) is 2.81. The number of ether oxygens (including phenoxy) is 4. The molecule has 0 atom stereocenters. The van der Waals surface area contributed by atoms with Gasteiger partial charge in [0.1, 0.15) is 5.60 Å². The summed E-state index contributed by atoms with van der Waals surface area (Å²) in [5.41, 5.74) is 2.51. The van der Waals surface area contributed by atoms with Crippen molar-refractivity contribution in [3.05, 3.63) is 59.2 Å². The van der Waals surface area contributed by atoms with Crippen molar-refractivity contribution >= 4 is 18.1 Å². The molecule has 0 unspecified atom stereocenters. The fourth-order valence-corrected chi connectivity index (χ4v) is 4.35. The second-order valence-corrected chi connectivity index (χ2v) is 9.99. The number of piperidine rings is 1. The Morgan fingerprint density at radius 3 is 2.22 bits per heavy atom. The predicted octanol–water partition coefficient (Wildman–Crippen LogP) is 5.16. The summed E-state index contributed by atoms with van der Waals surface area (Å²) in [6.07, 6.45) is 4.69. The molecular formula is C29H38N2O6. The monoisotopic (exact) mass is 510 g/mol. The van der Waals surface area contributed by atoms with E-state index in [0.717, 1.165) is 24.0 Å². The maximum absolute atomic E-state index is 12.8. The Labute approximate surface area is 219 Å². The number of nitrogens with zero attached hydrogens (tertiary/aromatic N) is 1. The van der Waals surface area contributed by atoms with E-state index < -0.39 is 11.7 Å². The van der Waals surface area contributed by atoms with Gasteiger partial charge in [0, 0.05) is 25.7 Å². The number of nitrogens with one attached hydrogen (secondary N) is 1. The lowest BCUT2D eigenvalue weighted by molar-refractivity contribution is -0.126. The molecule has 1 fully saturated rings. The van der Waals surface area contributed by atoms with Crippen molar-refractivity contribution in [2.24, 2.45) is 0 Å². The number of rotatable bonds is 8. The second kappa shape index (κ2) is 12.5. The molecule has 0 spiro atoms. The van der Waals surface area contributed by atoms with Crippen LogP contribution < -0.4 is 19.5 Å². The van der Waals surface area contributed by atoms with Gasteiger partial charge < -0.3 is 29.2 Å². The quantitative estimate of drug-likeness (QED) is 0.494. The topological polar surface area (TPSA) is 86.3 Å². The molecular weight excluding hydrogens is 472 g/mol. The van der Waals surface area contributed by atoms with Crippen molar-refractivity contribution in [1.82, 2.24) is 10.2 Å². The highest BCUT2D eigenvalue weighted by Gasteiger charge is 2.23. The lowest BCUT2D eigenvalue weighted by Gasteiger charge is -2.31. The summed E-state index contributed by atoms with van der Waals surface area (Å²) in [7, 11) is 4.68. The Bertz CT molecular complexity index is 1090. The minimum atomic E-state index is -0.527. The molecule has 1 heterocycles. The zero-order chi connectivity index (χ0) is 27.0. The van der Waals surface area contributed by atoms with Crippen molar-refractivity contribution in [1.29, 1.82) is 0 Å². The smallest absolute Gasteiger partial charge is 0.407 e. The summed E-state index contributed by atoms with van der Waals surface area (Å²) in [6, 6.07) is 11.9. The molecule has 0 saturated carbocycles. The molecule has 2 aromatic carbocycles. The van der Waals surface area contributed by atoms with E-state index in [-0.39, 0.29) is 5.91 Å². The molecule has 3 rings (SSSR count). The van der Waals surface area contributed by atoms with Crippen molar-refractivity contribution in [3.8, 4) is 17.2 Å². The number of hydrogen-bond donors (Lipinski definition) is 1. The number of amides is 2. The Balaban J connectivity index is 1.56. The molecule has 0 aromatic heterocycles. The molecule has 0 aliphatic carbocycles. The normalized spacial score (nSPS) is 14.4. The first-order chi connectivity index (χ1) is 17.6. The van der Waals surface area contributed by atoms with Crippen molar-refractivity contribution < 1.29 is 28.5 Å². The minimum Gasteiger partial charge on any atom is -0.493 e. The van der Waals surface area contributed by atoms with Gasteiger partial charge in [-0.2, -0.15) is 0 Å². The van der Waals surface area contributed by atoms with Crippen LogP contribution in [0.4, 0.5) is 4.79 Å². The number of carbonyl (C=O) groups is 2. The van der Waals surface area contributed by atoms with E-state index in [1.54, 1.807) is 33.5 Å². The van der Waals surface area contributed by atoms with Gasteiger partial charge in [0.05, 0.1) is 21.3 Å². The highest BCUT2D eigenvalue weighted by Crippen LogP contribution is 2.38. The Morgan fingerprint density at radius 2 is 1.65 bits per heavy atom. The molecule has 0 radical (unpaired) electrons. The van der Waals surface area contributed by atoms with Crippen LogP contribution in [0.3, 0.4) is 0 Å². The van der Waals surface area contributed by atoms with Gasteiger partial charge in [0.2, 0.25) is 11.7 Å². The molecule has 2 amide bonds. The van der Waals surface area contributed by atoms with E-state index in [1.807, 2.05) is 49.9 Å². The number of benzene rings is 2. The zero-order valence-electron chi connectivity index (χ0n) is 22.6. The summed E-state index contributed by atoms with van der Waals surface area (Å²) in [6.45, 7) is 7.30. The summed E-state index contributed by atoms with van der Waals surface area (Å²) < 4.78 is 21.4. The van der Waals surface area contributed by atoms with Crippen LogP contribution in [0.2, 0.25) is 0 Å². The molecule has 1 saturated heterocycles. The molecule has 200 valence electrons. The molecule has 1 aliphatic rings. The van der Waals surface area contributed by atoms with Crippen LogP contribution in [-0.2, 0) is 16.1 Å². The largest absolute Gasteiger partial charge is 0.493 e. The zero-order valence-corrected chi connectivity index (χ0v) is 22.6. The molecule has 8 heteroatoms. The van der Waals surface area contributed by atoms with Gasteiger partial charge >= 0.3 is 6.09 Å². The van der Waals surface area contributed by atoms with Crippen LogP contribution in [-0.4, -0.2) is 56.9 Å². The van der Waals surface area contributed by atoms with Crippen LogP contribution in [0.25, 0.3) is 6.08 Å². The number of carbonyl (C=O) groups excluding carboxylic acids is 2. The van der Waals surface area contributed by atoms with E-state index in [2.05, 4.69) is 17.4 Å². The highest BCUT2D eigenvalue weighted by atomic mass is 16.6. The van der Waals surface area contributed by atoms with E-state index >= 15 is 0 Å². The summed E-state index contributed by atoms with van der Waals surface area (Å²) in [4.78, 5) is 26.7. The average molecular weight is 511 g/mol. The molecule has 2 aromatic rings. The van der Waals surface area contributed by atoms with Crippen LogP contribution in [0.15, 0.2) is 42.5 Å². The standard InChI is InChI=1S/C29H38N2O6/c1-29(2,3)37-28(33)30-19-21-8-7-9-23(16-21)22-12-14-31(15-13-22)26(32)11-10-20-17-24(34-4)27(36-6)25(18-20)35-5/h7-11,16-18,22H,12-15,19H2,1-6H3,(H,30,33). The van der Waals surface area contributed by atoms with Gasteiger partial charge in [-0.3, -0.25) is 4.79 Å². The Hall–Kier alpha value is -3.68. The van der Waals surface area contributed by atoms with Crippen molar-refractivity contribution in [3.63, 3.8) is 0 Å². The fourth-order valence-electron chi connectivity index (χ4n) is 4.35. The minimum absolute atomic E-state index is 0.0255. The lowest BCUT2D eigenvalue weighted by atomic mass is 9.88. The van der Waals surface area contributed by atoms with Crippen LogP contribution in [0, 0.1) is 0 Å². The third-order valence-electron chi connectivity index (χ3n) is 6.17. The maximum atomic E-state index is 12.8. The third-order valence-corrected chi connectivity index (χ3v) is 6.17. The van der Waals surface area contributed by atoms with Gasteiger partial charge in [0.15, 0.2) is 11.5 Å². The summed E-state index contributed by atoms with van der Waals surface area (Å²) >= 11 is 0. The van der Waals surface area contributed by atoms with Gasteiger partial charge in [-0.05, 0) is 74.4 Å². The number of hydrogen-bond acceptors (Lipinski definition) is 6. The fraction of sp³-hybridized carbons (Fsp3) is 0.448. The summed E-state index contributed by atoms with van der Waals surface area (Å²) in [5.74, 6) is 1.93. The van der Waals surface area contributed by atoms with Crippen LogP contribution in [0.1, 0.15) is 56.2 Å². The van der Waals surface area contributed by atoms with Gasteiger partial charge in [0.25, 0.3) is 0 Å². The molecule has 1 N–H and O–H groups in total. The van der Waals surface area contributed by atoms with Crippen molar-refractivity contribution in [2.45, 2.75) is 51.7 Å². The van der Waals surface area contributed by atoms with Crippen molar-refractivity contribution in [2.75, 3.05) is 34.4 Å². The number of likely N-dealkylation sites (tertiary alicyclic amines) is 1.